The molecule has 1 aliphatic heterocycles. The molecule has 1 amide bonds. The van der Waals surface area contributed by atoms with Gasteiger partial charge >= 0.3 is 5.97 Å². The summed E-state index contributed by atoms with van der Waals surface area (Å²) in [6.45, 7) is 3.22. The number of carbonyl (C=O) groups excluding carboxylic acids is 2. The summed E-state index contributed by atoms with van der Waals surface area (Å²) >= 11 is 2.24. The van der Waals surface area contributed by atoms with E-state index in [1.807, 2.05) is 30.0 Å². The van der Waals surface area contributed by atoms with E-state index < -0.39 is 5.97 Å². The number of aryl methyl sites for hydroxylation is 1. The van der Waals surface area contributed by atoms with Gasteiger partial charge in [-0.25, -0.2) is 9.48 Å². The van der Waals surface area contributed by atoms with E-state index in [1.165, 1.54) is 7.11 Å². The molecule has 24 heavy (non-hydrogen) atoms. The second-order valence-electron chi connectivity index (χ2n) is 5.73. The molecule has 2 aromatic rings. The maximum Gasteiger partial charge on any atom is 0.360 e. The van der Waals surface area contributed by atoms with Crippen molar-refractivity contribution < 1.29 is 14.3 Å². The lowest BCUT2D eigenvalue weighted by Gasteiger charge is -2.17. The molecule has 1 aromatic carbocycles. The van der Waals surface area contributed by atoms with Crippen molar-refractivity contribution in [1.29, 1.82) is 0 Å². The first-order valence-corrected chi connectivity index (χ1v) is 8.63. The van der Waals surface area contributed by atoms with Crippen LogP contribution in [0, 0.1) is 10.5 Å². The van der Waals surface area contributed by atoms with Gasteiger partial charge in [0.1, 0.15) is 0 Å². The highest BCUT2D eigenvalue weighted by molar-refractivity contribution is 14.1. The van der Waals surface area contributed by atoms with Crippen LogP contribution in [-0.4, -0.2) is 52.0 Å². The van der Waals surface area contributed by atoms with E-state index in [2.05, 4.69) is 37.6 Å². The Morgan fingerprint density at radius 2 is 2.17 bits per heavy atom. The van der Waals surface area contributed by atoms with Crippen molar-refractivity contribution in [3.05, 3.63) is 44.8 Å². The van der Waals surface area contributed by atoms with Crippen LogP contribution in [0.5, 0.6) is 0 Å². The zero-order valence-corrected chi connectivity index (χ0v) is 15.6. The second-order valence-corrected chi connectivity index (χ2v) is 6.90. The fourth-order valence-electron chi connectivity index (χ4n) is 2.70. The number of nitrogens with zero attached hydrogens (tertiary/aromatic N) is 4. The highest BCUT2D eigenvalue weighted by Gasteiger charge is 2.29. The molecule has 0 radical (unpaired) electrons. The third kappa shape index (κ3) is 3.28. The van der Waals surface area contributed by atoms with Crippen LogP contribution in [0.3, 0.4) is 0 Å². The van der Waals surface area contributed by atoms with Crippen molar-refractivity contribution in [3.63, 3.8) is 0 Å². The van der Waals surface area contributed by atoms with E-state index in [9.17, 15) is 9.59 Å². The number of aromatic nitrogens is 3. The number of carbonyl (C=O) groups is 2. The largest absolute Gasteiger partial charge is 0.464 e. The van der Waals surface area contributed by atoms with Gasteiger partial charge in [0.15, 0.2) is 5.69 Å². The predicted octanol–water partition coefficient (Wildman–Crippen LogP) is 2.06. The number of rotatable bonds is 3. The minimum absolute atomic E-state index is 0.0173. The Hall–Kier alpha value is -1.97. The molecule has 1 aromatic heterocycles. The number of amides is 1. The van der Waals surface area contributed by atoms with E-state index in [1.54, 1.807) is 10.9 Å². The van der Waals surface area contributed by atoms with Crippen molar-refractivity contribution in [3.8, 4) is 0 Å². The number of ether oxygens (including phenoxy) is 1. The summed E-state index contributed by atoms with van der Waals surface area (Å²) in [5.74, 6) is -0.495. The topological polar surface area (TPSA) is 77.3 Å². The summed E-state index contributed by atoms with van der Waals surface area (Å²) in [7, 11) is 1.31. The van der Waals surface area contributed by atoms with Gasteiger partial charge in [-0.1, -0.05) is 11.3 Å². The minimum atomic E-state index is -0.513. The molecule has 126 valence electrons. The van der Waals surface area contributed by atoms with Crippen LogP contribution in [0.4, 0.5) is 0 Å². The first kappa shape index (κ1) is 16.9. The zero-order valence-electron chi connectivity index (χ0n) is 13.4. The lowest BCUT2D eigenvalue weighted by Crippen LogP contribution is -2.29. The molecular formula is C16H17IN4O3. The van der Waals surface area contributed by atoms with Crippen LogP contribution in [0.15, 0.2) is 24.4 Å². The van der Waals surface area contributed by atoms with E-state index in [4.69, 9.17) is 0 Å². The molecule has 1 atom stereocenters. The van der Waals surface area contributed by atoms with Crippen LogP contribution < -0.4 is 0 Å². The molecule has 0 saturated carbocycles. The van der Waals surface area contributed by atoms with E-state index in [-0.39, 0.29) is 17.6 Å². The highest BCUT2D eigenvalue weighted by atomic mass is 127. The van der Waals surface area contributed by atoms with Gasteiger partial charge in [0.25, 0.3) is 5.91 Å². The van der Waals surface area contributed by atoms with Gasteiger partial charge in [-0.2, -0.15) is 0 Å². The average Bonchev–Trinajstić information content (AvgIpc) is 3.24. The molecule has 0 N–H and O–H groups in total. The van der Waals surface area contributed by atoms with Gasteiger partial charge in [-0.05, 0) is 53.6 Å². The molecule has 1 fully saturated rings. The maximum absolute atomic E-state index is 12.7. The van der Waals surface area contributed by atoms with Crippen LogP contribution in [0.25, 0.3) is 0 Å². The first-order valence-electron chi connectivity index (χ1n) is 7.55. The fraction of sp³-hybridized carbons (Fsp3) is 0.375. The molecule has 8 heteroatoms. The number of esters is 1. The van der Waals surface area contributed by atoms with Gasteiger partial charge in [0.05, 0.1) is 19.3 Å². The number of halogens is 1. The van der Waals surface area contributed by atoms with Crippen molar-refractivity contribution >= 4 is 34.5 Å². The van der Waals surface area contributed by atoms with Gasteiger partial charge in [0, 0.05) is 22.2 Å². The summed E-state index contributed by atoms with van der Waals surface area (Å²) in [5, 5.41) is 7.80. The predicted molar refractivity (Wildman–Crippen MR) is 94.8 cm³/mol. The highest BCUT2D eigenvalue weighted by Crippen LogP contribution is 2.23. The SMILES string of the molecule is COC(=O)c1cn(C2CCN(C(=O)c3ccc(C)c(I)c3)C2)nn1. The van der Waals surface area contributed by atoms with Crippen LogP contribution in [-0.2, 0) is 4.74 Å². The molecule has 1 saturated heterocycles. The molecule has 0 aliphatic carbocycles. The Labute approximate surface area is 153 Å². The molecule has 0 spiro atoms. The first-order chi connectivity index (χ1) is 11.5. The molecule has 0 bridgehead atoms. The lowest BCUT2D eigenvalue weighted by atomic mass is 10.1. The monoisotopic (exact) mass is 440 g/mol. The average molecular weight is 440 g/mol. The number of benzene rings is 1. The Balaban J connectivity index is 1.70. The van der Waals surface area contributed by atoms with E-state index >= 15 is 0 Å². The smallest absolute Gasteiger partial charge is 0.360 e. The van der Waals surface area contributed by atoms with Gasteiger partial charge in [-0.15, -0.1) is 5.10 Å². The van der Waals surface area contributed by atoms with Gasteiger partial charge in [-0.3, -0.25) is 4.79 Å². The lowest BCUT2D eigenvalue weighted by molar-refractivity contribution is 0.0593. The van der Waals surface area contributed by atoms with Crippen LogP contribution in [0.1, 0.15) is 38.9 Å². The van der Waals surface area contributed by atoms with Crippen LogP contribution in [0.2, 0.25) is 0 Å². The van der Waals surface area contributed by atoms with Crippen molar-refractivity contribution in [1.82, 2.24) is 19.9 Å². The Kier molecular flexibility index (Phi) is 4.83. The Morgan fingerprint density at radius 1 is 1.38 bits per heavy atom. The van der Waals surface area contributed by atoms with Gasteiger partial charge < -0.3 is 9.64 Å². The molecule has 7 nitrogen and oxygen atoms in total. The quantitative estimate of drug-likeness (QED) is 0.540. The normalized spacial score (nSPS) is 17.1. The number of methoxy groups -OCH3 is 1. The van der Waals surface area contributed by atoms with Crippen molar-refractivity contribution in [2.45, 2.75) is 19.4 Å². The third-order valence-corrected chi connectivity index (χ3v) is 5.31. The molecular weight excluding hydrogens is 423 g/mol. The number of likely N-dealkylation sites (tertiary alicyclic amines) is 1. The number of hydrogen-bond donors (Lipinski definition) is 0. The van der Waals surface area contributed by atoms with Crippen molar-refractivity contribution in [2.75, 3.05) is 20.2 Å². The third-order valence-electron chi connectivity index (χ3n) is 4.15. The molecule has 1 aliphatic rings. The van der Waals surface area contributed by atoms with E-state index in [0.29, 0.717) is 18.7 Å². The Bertz CT molecular complexity index is 789. The summed E-state index contributed by atoms with van der Waals surface area (Å²) in [6, 6.07) is 5.75. The summed E-state index contributed by atoms with van der Waals surface area (Å²) in [5.41, 5.74) is 2.03. The standard InChI is InChI=1S/C16H17IN4O3/c1-10-3-4-11(7-13(10)17)15(22)20-6-5-12(8-20)21-9-14(18-19-21)16(23)24-2/h3-4,7,9,12H,5-6,8H2,1-2H3. The van der Waals surface area contributed by atoms with Gasteiger partial charge in [0.2, 0.25) is 0 Å². The van der Waals surface area contributed by atoms with E-state index in [0.717, 1.165) is 15.6 Å². The summed E-state index contributed by atoms with van der Waals surface area (Å²) in [6.07, 6.45) is 2.35. The molecule has 3 rings (SSSR count). The Morgan fingerprint density at radius 3 is 2.88 bits per heavy atom. The number of hydrogen-bond acceptors (Lipinski definition) is 5. The molecule has 2 heterocycles. The molecule has 1 unspecified atom stereocenters. The van der Waals surface area contributed by atoms with Crippen molar-refractivity contribution in [2.24, 2.45) is 0 Å². The minimum Gasteiger partial charge on any atom is -0.464 e. The zero-order chi connectivity index (χ0) is 17.3. The maximum atomic E-state index is 12.7. The second kappa shape index (κ2) is 6.88. The summed E-state index contributed by atoms with van der Waals surface area (Å²) in [4.78, 5) is 25.9. The van der Waals surface area contributed by atoms with Crippen LogP contribution >= 0.6 is 22.6 Å². The summed E-state index contributed by atoms with van der Waals surface area (Å²) < 4.78 is 7.34. The fourth-order valence-corrected chi connectivity index (χ4v) is 3.22.